The Kier molecular flexibility index (Phi) is 5.94. The van der Waals surface area contributed by atoms with Crippen molar-refractivity contribution in [2.24, 2.45) is 5.73 Å². The van der Waals surface area contributed by atoms with Crippen molar-refractivity contribution in [2.45, 2.75) is 25.3 Å². The van der Waals surface area contributed by atoms with Gasteiger partial charge in [-0.3, -0.25) is 9.59 Å². The minimum absolute atomic E-state index is 0.0240. The number of hydrogen-bond acceptors (Lipinski definition) is 5. The Morgan fingerprint density at radius 1 is 1.24 bits per heavy atom. The molecule has 1 fully saturated rings. The van der Waals surface area contributed by atoms with Gasteiger partial charge >= 0.3 is 6.18 Å². The fourth-order valence-corrected chi connectivity index (χ4v) is 2.82. The number of aromatic amines is 1. The molecule has 1 aromatic heterocycles. The lowest BCUT2D eigenvalue weighted by Crippen LogP contribution is -2.37. The van der Waals surface area contributed by atoms with Gasteiger partial charge in [-0.2, -0.15) is 13.2 Å². The van der Waals surface area contributed by atoms with E-state index in [9.17, 15) is 22.8 Å². The van der Waals surface area contributed by atoms with Gasteiger partial charge < -0.3 is 24.9 Å². The molecule has 0 saturated carbocycles. The molecule has 1 amide bonds. The van der Waals surface area contributed by atoms with Crippen molar-refractivity contribution in [3.8, 4) is 16.9 Å². The molecule has 1 aliphatic rings. The van der Waals surface area contributed by atoms with Crippen molar-refractivity contribution in [2.75, 3.05) is 19.8 Å². The quantitative estimate of drug-likeness (QED) is 0.785. The molecule has 0 bridgehead atoms. The monoisotopic (exact) mass is 412 g/mol. The third-order valence-corrected chi connectivity index (χ3v) is 4.32. The van der Waals surface area contributed by atoms with Gasteiger partial charge in [-0.05, 0) is 30.7 Å². The first kappa shape index (κ1) is 20.9. The summed E-state index contributed by atoms with van der Waals surface area (Å²) in [6.07, 6.45) is -5.04. The predicted octanol–water partition coefficient (Wildman–Crippen LogP) is 2.34. The number of rotatable bonds is 5. The summed E-state index contributed by atoms with van der Waals surface area (Å²) in [7, 11) is 0. The molecule has 10 heteroatoms. The van der Waals surface area contributed by atoms with E-state index in [1.54, 1.807) is 4.98 Å². The third kappa shape index (κ3) is 4.96. The molecule has 3 rings (SSSR count). The van der Waals surface area contributed by atoms with E-state index in [4.69, 9.17) is 19.9 Å². The molecule has 1 aromatic carbocycles. The van der Waals surface area contributed by atoms with Crippen LogP contribution in [0.5, 0.6) is 5.75 Å². The van der Waals surface area contributed by atoms with Gasteiger partial charge in [-0.1, -0.05) is 12.1 Å². The number of nitrogens with two attached hydrogens (primary N) is 1. The molecule has 7 nitrogen and oxygen atoms in total. The molecular formula is C19H19F3N2O5. The van der Waals surface area contributed by atoms with E-state index in [0.29, 0.717) is 19.0 Å². The van der Waals surface area contributed by atoms with Gasteiger partial charge in [0.2, 0.25) is 0 Å². The number of benzene rings is 1. The largest absolute Gasteiger partial charge is 0.491 e. The molecule has 0 radical (unpaired) electrons. The van der Waals surface area contributed by atoms with Crippen LogP contribution in [0.1, 0.15) is 23.0 Å². The number of primary amides is 1. The summed E-state index contributed by atoms with van der Waals surface area (Å²) in [5, 5.41) is 0. The van der Waals surface area contributed by atoms with Crippen molar-refractivity contribution in [3.63, 3.8) is 0 Å². The summed E-state index contributed by atoms with van der Waals surface area (Å²) in [6, 6.07) is 6.59. The number of H-pyrrole nitrogens is 1. The molecule has 2 atom stereocenters. The standard InChI is InChI=1S/C19H19F3N2O5/c1-10-7-28-13(8-27-10)9-29-12-4-2-11(3-5-12)14-6-15(17(23)25)18(26)24-16(14)19(20,21)22/h2-6,10,13H,7-9H2,1H3,(H2,23,25)(H,24,26). The lowest BCUT2D eigenvalue weighted by molar-refractivity contribution is -0.140. The molecule has 2 unspecified atom stereocenters. The highest BCUT2D eigenvalue weighted by Crippen LogP contribution is 2.35. The Hall–Kier alpha value is -2.85. The molecule has 3 N–H and O–H groups in total. The van der Waals surface area contributed by atoms with Gasteiger partial charge in [-0.25, -0.2) is 0 Å². The number of halogens is 3. The molecule has 2 aromatic rings. The number of aromatic nitrogens is 1. The first-order chi connectivity index (χ1) is 13.6. The molecular weight excluding hydrogens is 393 g/mol. The van der Waals surface area contributed by atoms with Gasteiger partial charge in [0, 0.05) is 5.56 Å². The van der Waals surface area contributed by atoms with Crippen LogP contribution in [-0.4, -0.2) is 42.9 Å². The van der Waals surface area contributed by atoms with Gasteiger partial charge in [0.15, 0.2) is 0 Å². The van der Waals surface area contributed by atoms with E-state index in [1.165, 1.54) is 24.3 Å². The summed E-state index contributed by atoms with van der Waals surface area (Å²) >= 11 is 0. The van der Waals surface area contributed by atoms with Crippen molar-refractivity contribution in [1.29, 1.82) is 0 Å². The first-order valence-corrected chi connectivity index (χ1v) is 8.76. The number of hydrogen-bond donors (Lipinski definition) is 2. The molecule has 1 aliphatic heterocycles. The van der Waals surface area contributed by atoms with Crippen LogP contribution >= 0.6 is 0 Å². The Morgan fingerprint density at radius 2 is 1.93 bits per heavy atom. The van der Waals surface area contributed by atoms with Gasteiger partial charge in [-0.15, -0.1) is 0 Å². The van der Waals surface area contributed by atoms with Crippen LogP contribution in [0.3, 0.4) is 0 Å². The maximum atomic E-state index is 13.3. The summed E-state index contributed by atoms with van der Waals surface area (Å²) in [5.41, 5.74) is 1.83. The van der Waals surface area contributed by atoms with Crippen molar-refractivity contribution < 1.29 is 32.2 Å². The second-order valence-corrected chi connectivity index (χ2v) is 6.60. The van der Waals surface area contributed by atoms with Crippen LogP contribution in [0.15, 0.2) is 35.1 Å². The molecule has 156 valence electrons. The highest BCUT2D eigenvalue weighted by molar-refractivity contribution is 5.93. The molecule has 2 heterocycles. The van der Waals surface area contributed by atoms with E-state index in [1.807, 2.05) is 6.92 Å². The number of ether oxygens (including phenoxy) is 3. The zero-order chi connectivity index (χ0) is 21.2. The lowest BCUT2D eigenvalue weighted by atomic mass is 10.0. The fourth-order valence-electron chi connectivity index (χ4n) is 2.82. The zero-order valence-corrected chi connectivity index (χ0v) is 15.4. The number of carbonyl (C=O) groups is 1. The van der Waals surface area contributed by atoms with Gasteiger partial charge in [0.25, 0.3) is 11.5 Å². The minimum atomic E-state index is -4.82. The Morgan fingerprint density at radius 3 is 2.48 bits per heavy atom. The van der Waals surface area contributed by atoms with Crippen LogP contribution < -0.4 is 16.0 Å². The highest BCUT2D eigenvalue weighted by Gasteiger charge is 2.36. The second-order valence-electron chi connectivity index (χ2n) is 6.60. The van der Waals surface area contributed by atoms with E-state index >= 15 is 0 Å². The smallest absolute Gasteiger partial charge is 0.431 e. The van der Waals surface area contributed by atoms with Crippen LogP contribution in [-0.2, 0) is 15.7 Å². The van der Waals surface area contributed by atoms with Crippen molar-refractivity contribution in [1.82, 2.24) is 4.98 Å². The molecule has 0 aliphatic carbocycles. The summed E-state index contributed by atoms with van der Waals surface area (Å²) < 4.78 is 56.6. The highest BCUT2D eigenvalue weighted by atomic mass is 19.4. The van der Waals surface area contributed by atoms with Crippen molar-refractivity contribution >= 4 is 5.91 Å². The maximum absolute atomic E-state index is 13.3. The minimum Gasteiger partial charge on any atom is -0.491 e. The number of amides is 1. The SMILES string of the molecule is CC1COC(COc2ccc(-c3cc(C(N)=O)c(=O)[nH]c3C(F)(F)F)cc2)CO1. The molecule has 0 spiro atoms. The Bertz CT molecular complexity index is 932. The van der Waals surface area contributed by atoms with Crippen molar-refractivity contribution in [3.05, 3.63) is 51.9 Å². The molecule has 1 saturated heterocycles. The van der Waals surface area contributed by atoms with Crippen LogP contribution in [0.25, 0.3) is 11.1 Å². The van der Waals surface area contributed by atoms with E-state index in [2.05, 4.69) is 0 Å². The lowest BCUT2D eigenvalue weighted by Gasteiger charge is -2.27. The number of pyridine rings is 1. The number of alkyl halides is 3. The first-order valence-electron chi connectivity index (χ1n) is 8.76. The van der Waals surface area contributed by atoms with Crippen LogP contribution in [0, 0.1) is 0 Å². The average molecular weight is 412 g/mol. The normalized spacial score (nSPS) is 19.7. The van der Waals surface area contributed by atoms with Crippen LogP contribution in [0.2, 0.25) is 0 Å². The molecule has 29 heavy (non-hydrogen) atoms. The summed E-state index contributed by atoms with van der Waals surface area (Å²) in [4.78, 5) is 24.8. The average Bonchev–Trinajstić information content (AvgIpc) is 2.67. The Labute approximate surface area is 163 Å². The number of nitrogens with one attached hydrogen (secondary N) is 1. The third-order valence-electron chi connectivity index (χ3n) is 4.32. The summed E-state index contributed by atoms with van der Waals surface area (Å²) in [6.45, 7) is 2.97. The fraction of sp³-hybridized carbons (Fsp3) is 0.368. The predicted molar refractivity (Wildman–Crippen MR) is 96.7 cm³/mol. The zero-order valence-electron chi connectivity index (χ0n) is 15.4. The van der Waals surface area contributed by atoms with Crippen LogP contribution in [0.4, 0.5) is 13.2 Å². The van der Waals surface area contributed by atoms with E-state index < -0.39 is 28.9 Å². The van der Waals surface area contributed by atoms with E-state index in [-0.39, 0.29) is 29.9 Å². The van der Waals surface area contributed by atoms with E-state index in [0.717, 1.165) is 6.07 Å². The topological polar surface area (TPSA) is 104 Å². The number of carbonyl (C=O) groups excluding carboxylic acids is 1. The summed E-state index contributed by atoms with van der Waals surface area (Å²) in [5.74, 6) is -0.700. The van der Waals surface area contributed by atoms with Gasteiger partial charge in [0.05, 0.1) is 19.3 Å². The Balaban J connectivity index is 1.82. The second kappa shape index (κ2) is 8.26. The maximum Gasteiger partial charge on any atom is 0.431 e. The van der Waals surface area contributed by atoms with Gasteiger partial charge in [0.1, 0.15) is 29.7 Å².